The van der Waals surface area contributed by atoms with Crippen LogP contribution in [0, 0.1) is 0 Å². The van der Waals surface area contributed by atoms with Crippen LogP contribution in [-0.4, -0.2) is 40.4 Å². The van der Waals surface area contributed by atoms with E-state index in [4.69, 9.17) is 4.63 Å². The molecule has 2 aromatic carbocycles. The van der Waals surface area contributed by atoms with Gasteiger partial charge in [-0.1, -0.05) is 36.4 Å². The largest absolute Gasteiger partial charge is 0.309 e. The lowest BCUT2D eigenvalue weighted by Gasteiger charge is -2.37. The normalized spacial score (nSPS) is 21.3. The predicted molar refractivity (Wildman–Crippen MR) is 101 cm³/mol. The maximum Gasteiger partial charge on any atom is 0.139 e. The van der Waals surface area contributed by atoms with Crippen molar-refractivity contribution in [3.8, 4) is 0 Å². The second-order valence-electron chi connectivity index (χ2n) is 7.59. The van der Waals surface area contributed by atoms with Crippen LogP contribution in [0.3, 0.4) is 0 Å². The van der Waals surface area contributed by atoms with Crippen LogP contribution in [0.5, 0.6) is 0 Å². The highest BCUT2D eigenvalue weighted by Gasteiger charge is 2.30. The van der Waals surface area contributed by atoms with E-state index < -0.39 is 0 Å². The average Bonchev–Trinajstić information content (AvgIpc) is 3.33. The van der Waals surface area contributed by atoms with Crippen molar-refractivity contribution < 1.29 is 4.63 Å². The van der Waals surface area contributed by atoms with E-state index >= 15 is 0 Å². The average molecular weight is 348 g/mol. The van der Waals surface area contributed by atoms with Crippen LogP contribution in [0.15, 0.2) is 47.1 Å². The molecule has 0 bridgehead atoms. The van der Waals surface area contributed by atoms with E-state index in [1.165, 1.54) is 43.4 Å². The van der Waals surface area contributed by atoms with E-state index in [0.29, 0.717) is 12.1 Å². The monoisotopic (exact) mass is 348 g/mol. The number of likely N-dealkylation sites (tertiary alicyclic amines) is 1. The summed E-state index contributed by atoms with van der Waals surface area (Å²) in [6.07, 6.45) is 4.91. The van der Waals surface area contributed by atoms with E-state index in [0.717, 1.165) is 29.7 Å². The molecule has 0 radical (unpaired) electrons. The van der Waals surface area contributed by atoms with E-state index in [2.05, 4.69) is 50.9 Å². The lowest BCUT2D eigenvalue weighted by atomic mass is 10.0. The van der Waals surface area contributed by atoms with Crippen molar-refractivity contribution in [2.75, 3.05) is 13.1 Å². The van der Waals surface area contributed by atoms with Gasteiger partial charge in [-0.05, 0) is 65.3 Å². The Balaban J connectivity index is 1.22. The van der Waals surface area contributed by atoms with E-state index in [-0.39, 0.29) is 0 Å². The van der Waals surface area contributed by atoms with E-state index in [1.807, 2.05) is 12.1 Å². The fourth-order valence-electron chi connectivity index (χ4n) is 4.56. The smallest absolute Gasteiger partial charge is 0.139 e. The Morgan fingerprint density at radius 3 is 2.73 bits per heavy atom. The Labute approximate surface area is 153 Å². The number of aromatic nitrogens is 2. The molecule has 0 amide bonds. The Morgan fingerprint density at radius 1 is 1.04 bits per heavy atom. The number of hydrogen-bond donors (Lipinski definition) is 1. The molecule has 1 fully saturated rings. The number of rotatable bonds is 4. The zero-order chi connectivity index (χ0) is 17.3. The first kappa shape index (κ1) is 16.0. The quantitative estimate of drug-likeness (QED) is 0.786. The number of hydrogen-bond acceptors (Lipinski definition) is 5. The molecule has 2 aliphatic rings. The van der Waals surface area contributed by atoms with Gasteiger partial charge in [-0.2, -0.15) is 0 Å². The standard InChI is InChI=1S/C21H24N4O/c1-2-6-16-12-19(11-15(16)5-1)25-10-4-8-18(14-25)22-13-17-7-3-9-20-21(17)24-26-23-20/h1-3,5-7,9,18-19,22H,4,8,10-14H2/t18-/m0/s1. The van der Waals surface area contributed by atoms with Gasteiger partial charge in [0, 0.05) is 25.2 Å². The number of nitrogens with zero attached hydrogens (tertiary/aromatic N) is 3. The summed E-state index contributed by atoms with van der Waals surface area (Å²) in [6.45, 7) is 3.17. The Hall–Kier alpha value is -2.24. The maximum absolute atomic E-state index is 4.88. The van der Waals surface area contributed by atoms with Gasteiger partial charge in [-0.15, -0.1) is 0 Å². The van der Waals surface area contributed by atoms with Gasteiger partial charge in [0.15, 0.2) is 0 Å². The molecule has 1 aliphatic heterocycles. The second-order valence-corrected chi connectivity index (χ2v) is 7.59. The molecule has 134 valence electrons. The van der Waals surface area contributed by atoms with Crippen molar-refractivity contribution in [3.63, 3.8) is 0 Å². The summed E-state index contributed by atoms with van der Waals surface area (Å²) in [7, 11) is 0. The van der Waals surface area contributed by atoms with Gasteiger partial charge >= 0.3 is 0 Å². The third kappa shape index (κ3) is 3.02. The Kier molecular flexibility index (Phi) is 4.19. The van der Waals surface area contributed by atoms with E-state index in [1.54, 1.807) is 0 Å². The minimum Gasteiger partial charge on any atom is -0.309 e. The van der Waals surface area contributed by atoms with Crippen molar-refractivity contribution in [2.45, 2.75) is 44.3 Å². The lowest BCUT2D eigenvalue weighted by molar-refractivity contribution is 0.140. The zero-order valence-corrected chi connectivity index (χ0v) is 14.9. The molecule has 26 heavy (non-hydrogen) atoms. The fourth-order valence-corrected chi connectivity index (χ4v) is 4.56. The third-order valence-electron chi connectivity index (χ3n) is 5.95. The Morgan fingerprint density at radius 2 is 1.88 bits per heavy atom. The molecule has 3 aromatic rings. The van der Waals surface area contributed by atoms with Crippen LogP contribution in [0.1, 0.15) is 29.5 Å². The Bertz CT molecular complexity index is 881. The number of piperidine rings is 1. The van der Waals surface area contributed by atoms with Crippen molar-refractivity contribution in [2.24, 2.45) is 0 Å². The predicted octanol–water partition coefficient (Wildman–Crippen LogP) is 2.94. The van der Waals surface area contributed by atoms with Crippen molar-refractivity contribution >= 4 is 11.0 Å². The molecule has 5 heteroatoms. The van der Waals surface area contributed by atoms with Gasteiger partial charge in [0.2, 0.25) is 0 Å². The van der Waals surface area contributed by atoms with Crippen molar-refractivity contribution in [1.82, 2.24) is 20.5 Å². The molecule has 1 aliphatic carbocycles. The lowest BCUT2D eigenvalue weighted by Crippen LogP contribution is -2.49. The summed E-state index contributed by atoms with van der Waals surface area (Å²) in [6, 6.07) is 16.2. The molecule has 1 saturated heterocycles. The summed E-state index contributed by atoms with van der Waals surface area (Å²) in [5, 5.41) is 11.7. The highest BCUT2D eigenvalue weighted by atomic mass is 16.6. The topological polar surface area (TPSA) is 54.2 Å². The fraction of sp³-hybridized carbons (Fsp3) is 0.429. The van der Waals surface area contributed by atoms with Gasteiger partial charge in [0.05, 0.1) is 0 Å². The molecule has 1 atom stereocenters. The minimum absolute atomic E-state index is 0.530. The van der Waals surface area contributed by atoms with Crippen LogP contribution in [0.25, 0.3) is 11.0 Å². The summed E-state index contributed by atoms with van der Waals surface area (Å²) in [4.78, 5) is 2.69. The van der Waals surface area contributed by atoms with Gasteiger partial charge in [-0.3, -0.25) is 4.90 Å². The second kappa shape index (κ2) is 6.82. The van der Waals surface area contributed by atoms with Crippen molar-refractivity contribution in [1.29, 1.82) is 0 Å². The molecule has 1 N–H and O–H groups in total. The summed E-state index contributed by atoms with van der Waals surface area (Å²) >= 11 is 0. The highest BCUT2D eigenvalue weighted by Crippen LogP contribution is 2.27. The van der Waals surface area contributed by atoms with E-state index in [9.17, 15) is 0 Å². The molecule has 5 rings (SSSR count). The van der Waals surface area contributed by atoms with Crippen LogP contribution >= 0.6 is 0 Å². The van der Waals surface area contributed by atoms with Gasteiger partial charge < -0.3 is 5.32 Å². The van der Waals surface area contributed by atoms with Crippen LogP contribution in [0.4, 0.5) is 0 Å². The molecule has 0 unspecified atom stereocenters. The maximum atomic E-state index is 4.88. The zero-order valence-electron chi connectivity index (χ0n) is 14.9. The first-order valence-electron chi connectivity index (χ1n) is 9.61. The van der Waals surface area contributed by atoms with Crippen molar-refractivity contribution in [3.05, 3.63) is 59.2 Å². The van der Waals surface area contributed by atoms with Gasteiger partial charge in [0.1, 0.15) is 11.0 Å². The molecule has 1 aromatic heterocycles. The first-order chi connectivity index (χ1) is 12.9. The molecule has 2 heterocycles. The van der Waals surface area contributed by atoms with Gasteiger partial charge in [0.25, 0.3) is 0 Å². The molecular formula is C21H24N4O. The first-order valence-corrected chi connectivity index (χ1v) is 9.61. The van der Waals surface area contributed by atoms with Crippen LogP contribution in [0.2, 0.25) is 0 Å². The number of nitrogens with one attached hydrogen (secondary N) is 1. The van der Waals surface area contributed by atoms with Gasteiger partial charge in [-0.25, -0.2) is 4.63 Å². The molecule has 0 saturated carbocycles. The summed E-state index contributed by atoms with van der Waals surface area (Å²) in [5.74, 6) is 0. The SMILES string of the molecule is c1ccc2c(c1)CC(N1CCC[C@H](NCc3cccc4nonc34)C1)C2. The number of benzene rings is 2. The molecule has 0 spiro atoms. The summed E-state index contributed by atoms with van der Waals surface area (Å²) < 4.78 is 4.88. The minimum atomic E-state index is 0.530. The third-order valence-corrected chi connectivity index (χ3v) is 5.95. The summed E-state index contributed by atoms with van der Waals surface area (Å²) in [5.41, 5.74) is 5.95. The van der Waals surface area contributed by atoms with Crippen LogP contribution < -0.4 is 5.32 Å². The highest BCUT2D eigenvalue weighted by molar-refractivity contribution is 5.76. The number of fused-ring (bicyclic) bond motifs is 2. The van der Waals surface area contributed by atoms with Crippen LogP contribution in [-0.2, 0) is 19.4 Å². The molecule has 5 nitrogen and oxygen atoms in total. The molecular weight excluding hydrogens is 324 g/mol.